The molecule has 0 bridgehead atoms. The molecular formula is C11H23NO3S. The summed E-state index contributed by atoms with van der Waals surface area (Å²) in [6.07, 6.45) is 4.36. The van der Waals surface area contributed by atoms with Crippen molar-refractivity contribution in [3.63, 3.8) is 0 Å². The van der Waals surface area contributed by atoms with Gasteiger partial charge in [0.25, 0.3) is 0 Å². The Morgan fingerprint density at radius 1 is 1.25 bits per heavy atom. The number of nitrogens with two attached hydrogens (primary N) is 1. The van der Waals surface area contributed by atoms with Gasteiger partial charge in [0, 0.05) is 19.1 Å². The lowest BCUT2D eigenvalue weighted by atomic mass is 9.99. The molecule has 96 valence electrons. The van der Waals surface area contributed by atoms with Crippen molar-refractivity contribution in [1.82, 2.24) is 0 Å². The minimum absolute atomic E-state index is 0.108. The SMILES string of the molecule is CC(CCN)CCC(=O)CCCS(C)(=O)=O. The van der Waals surface area contributed by atoms with Crippen molar-refractivity contribution in [2.75, 3.05) is 18.6 Å². The molecule has 0 rings (SSSR count). The van der Waals surface area contributed by atoms with Crippen molar-refractivity contribution < 1.29 is 13.2 Å². The summed E-state index contributed by atoms with van der Waals surface area (Å²) in [6.45, 7) is 2.74. The van der Waals surface area contributed by atoms with Crippen molar-refractivity contribution >= 4 is 15.6 Å². The van der Waals surface area contributed by atoms with Gasteiger partial charge in [0.15, 0.2) is 0 Å². The summed E-state index contributed by atoms with van der Waals surface area (Å²) < 4.78 is 21.7. The van der Waals surface area contributed by atoms with Gasteiger partial charge in [-0.25, -0.2) is 8.42 Å². The molecule has 5 heteroatoms. The largest absolute Gasteiger partial charge is 0.330 e. The molecule has 1 atom stereocenters. The highest BCUT2D eigenvalue weighted by Crippen LogP contribution is 2.11. The minimum atomic E-state index is -2.93. The van der Waals surface area contributed by atoms with Gasteiger partial charge in [-0.05, 0) is 31.7 Å². The molecule has 0 aromatic carbocycles. The lowest BCUT2D eigenvalue weighted by Gasteiger charge is -2.08. The second-order valence-electron chi connectivity index (χ2n) is 4.49. The van der Waals surface area contributed by atoms with E-state index in [0.29, 0.717) is 31.7 Å². The predicted molar refractivity (Wildman–Crippen MR) is 66.0 cm³/mol. The number of hydrogen-bond acceptors (Lipinski definition) is 4. The molecule has 1 unspecified atom stereocenters. The van der Waals surface area contributed by atoms with E-state index in [2.05, 4.69) is 6.92 Å². The van der Waals surface area contributed by atoms with Crippen LogP contribution >= 0.6 is 0 Å². The molecular weight excluding hydrogens is 226 g/mol. The minimum Gasteiger partial charge on any atom is -0.330 e. The van der Waals surface area contributed by atoms with E-state index >= 15 is 0 Å². The Balaban J connectivity index is 3.60. The Labute approximate surface area is 98.5 Å². The van der Waals surface area contributed by atoms with Gasteiger partial charge in [0.1, 0.15) is 15.6 Å². The molecule has 0 fully saturated rings. The normalized spacial score (nSPS) is 13.7. The van der Waals surface area contributed by atoms with Crippen molar-refractivity contribution in [3.8, 4) is 0 Å². The fourth-order valence-corrected chi connectivity index (χ4v) is 2.16. The van der Waals surface area contributed by atoms with Gasteiger partial charge in [-0.2, -0.15) is 0 Å². The summed E-state index contributed by atoms with van der Waals surface area (Å²) in [5.41, 5.74) is 5.41. The van der Waals surface area contributed by atoms with Gasteiger partial charge in [0.2, 0.25) is 0 Å². The van der Waals surface area contributed by atoms with Crippen molar-refractivity contribution in [3.05, 3.63) is 0 Å². The lowest BCUT2D eigenvalue weighted by Crippen LogP contribution is -2.09. The number of carbonyl (C=O) groups is 1. The first-order chi connectivity index (χ1) is 7.35. The van der Waals surface area contributed by atoms with Crippen molar-refractivity contribution in [2.45, 2.75) is 39.0 Å². The number of rotatable bonds is 9. The first kappa shape index (κ1) is 15.6. The Morgan fingerprint density at radius 3 is 2.38 bits per heavy atom. The zero-order valence-electron chi connectivity index (χ0n) is 10.2. The molecule has 4 nitrogen and oxygen atoms in total. The number of sulfone groups is 1. The van der Waals surface area contributed by atoms with Crippen molar-refractivity contribution in [1.29, 1.82) is 0 Å². The third kappa shape index (κ3) is 10.1. The first-order valence-corrected chi connectivity index (χ1v) is 7.80. The maximum Gasteiger partial charge on any atom is 0.147 e. The summed E-state index contributed by atoms with van der Waals surface area (Å²) in [5.74, 6) is 0.744. The summed E-state index contributed by atoms with van der Waals surface area (Å²) in [5, 5.41) is 0. The number of ketones is 1. The molecule has 0 saturated carbocycles. The third-order valence-corrected chi connectivity index (χ3v) is 3.58. The standard InChI is InChI=1S/C11H23NO3S/c1-10(7-8-12)5-6-11(13)4-3-9-16(2,14)15/h10H,3-9,12H2,1-2H3. The van der Waals surface area contributed by atoms with E-state index in [1.54, 1.807) is 0 Å². The molecule has 2 N–H and O–H groups in total. The zero-order chi connectivity index (χ0) is 12.6. The second-order valence-corrected chi connectivity index (χ2v) is 6.75. The second kappa shape index (κ2) is 7.79. The Kier molecular flexibility index (Phi) is 7.58. The van der Waals surface area contributed by atoms with Gasteiger partial charge in [-0.15, -0.1) is 0 Å². The molecule has 0 saturated heterocycles. The van der Waals surface area contributed by atoms with Crippen LogP contribution < -0.4 is 5.73 Å². The Morgan fingerprint density at radius 2 is 1.88 bits per heavy atom. The molecule has 0 aliphatic heterocycles. The monoisotopic (exact) mass is 249 g/mol. The van der Waals surface area contributed by atoms with Crippen LogP contribution in [-0.4, -0.2) is 32.8 Å². The summed E-state index contributed by atoms with van der Waals surface area (Å²) in [7, 11) is -2.93. The average molecular weight is 249 g/mol. The first-order valence-electron chi connectivity index (χ1n) is 5.74. The molecule has 0 aliphatic rings. The van der Waals surface area contributed by atoms with E-state index in [4.69, 9.17) is 5.73 Å². The topological polar surface area (TPSA) is 77.2 Å². The van der Waals surface area contributed by atoms with Gasteiger partial charge < -0.3 is 5.73 Å². The highest BCUT2D eigenvalue weighted by Gasteiger charge is 2.08. The smallest absolute Gasteiger partial charge is 0.147 e. The molecule has 16 heavy (non-hydrogen) atoms. The molecule has 0 heterocycles. The maximum atomic E-state index is 11.4. The van der Waals surface area contributed by atoms with E-state index in [9.17, 15) is 13.2 Å². The van der Waals surface area contributed by atoms with Crippen LogP contribution in [-0.2, 0) is 14.6 Å². The van der Waals surface area contributed by atoms with Gasteiger partial charge in [-0.3, -0.25) is 4.79 Å². The fourth-order valence-electron chi connectivity index (χ4n) is 1.49. The van der Waals surface area contributed by atoms with Crippen LogP contribution in [0.4, 0.5) is 0 Å². The van der Waals surface area contributed by atoms with Crippen LogP contribution in [0.5, 0.6) is 0 Å². The molecule has 0 aromatic rings. The lowest BCUT2D eigenvalue weighted by molar-refractivity contribution is -0.119. The Hall–Kier alpha value is -0.420. The van der Waals surface area contributed by atoms with Gasteiger partial charge >= 0.3 is 0 Å². The molecule has 0 amide bonds. The van der Waals surface area contributed by atoms with Gasteiger partial charge in [-0.1, -0.05) is 6.92 Å². The van der Waals surface area contributed by atoms with Crippen LogP contribution in [0.15, 0.2) is 0 Å². The van der Waals surface area contributed by atoms with E-state index < -0.39 is 9.84 Å². The Bertz CT molecular complexity index is 298. The van der Waals surface area contributed by atoms with Crippen molar-refractivity contribution in [2.24, 2.45) is 11.7 Å². The van der Waals surface area contributed by atoms with Crippen LogP contribution in [0.25, 0.3) is 0 Å². The number of hydrogen-bond donors (Lipinski definition) is 1. The van der Waals surface area contributed by atoms with Crippen LogP contribution in [0, 0.1) is 5.92 Å². The third-order valence-electron chi connectivity index (χ3n) is 2.55. The quantitative estimate of drug-likeness (QED) is 0.665. The van der Waals surface area contributed by atoms with Crippen LogP contribution in [0.3, 0.4) is 0 Å². The summed E-state index contributed by atoms with van der Waals surface area (Å²) >= 11 is 0. The molecule has 0 radical (unpaired) electrons. The van der Waals surface area contributed by atoms with E-state index in [1.807, 2.05) is 0 Å². The molecule has 0 spiro atoms. The van der Waals surface area contributed by atoms with Crippen LogP contribution in [0.2, 0.25) is 0 Å². The maximum absolute atomic E-state index is 11.4. The number of carbonyl (C=O) groups excluding carboxylic acids is 1. The van der Waals surface area contributed by atoms with Crippen LogP contribution in [0.1, 0.15) is 39.0 Å². The highest BCUT2D eigenvalue weighted by molar-refractivity contribution is 7.90. The zero-order valence-corrected chi connectivity index (χ0v) is 11.1. The molecule has 0 aromatic heterocycles. The van der Waals surface area contributed by atoms with E-state index in [-0.39, 0.29) is 11.5 Å². The van der Waals surface area contributed by atoms with E-state index in [1.165, 1.54) is 6.26 Å². The molecule has 0 aliphatic carbocycles. The van der Waals surface area contributed by atoms with Gasteiger partial charge in [0.05, 0.1) is 5.75 Å². The highest BCUT2D eigenvalue weighted by atomic mass is 32.2. The summed E-state index contributed by atoms with van der Waals surface area (Å²) in [4.78, 5) is 11.4. The fraction of sp³-hybridized carbons (Fsp3) is 0.909. The average Bonchev–Trinajstić information content (AvgIpc) is 2.13. The summed E-state index contributed by atoms with van der Waals surface area (Å²) in [6, 6.07) is 0. The predicted octanol–water partition coefficient (Wildman–Crippen LogP) is 1.15. The van der Waals surface area contributed by atoms with E-state index in [0.717, 1.165) is 12.8 Å². The number of Topliss-reactive ketones (excluding diaryl/α,β-unsaturated/α-hetero) is 1.